The first-order valence-corrected chi connectivity index (χ1v) is 9.60. The molecule has 0 amide bonds. The number of methoxy groups -OCH3 is 1. The minimum atomic E-state index is -3.42. The quantitative estimate of drug-likeness (QED) is 0.863. The fraction of sp³-hybridized carbons (Fsp3) is 0.333. The summed E-state index contributed by atoms with van der Waals surface area (Å²) >= 11 is 0. The summed E-state index contributed by atoms with van der Waals surface area (Å²) in [4.78, 5) is 0. The Morgan fingerprint density at radius 2 is 1.80 bits per heavy atom. The molecule has 0 bridgehead atoms. The highest BCUT2D eigenvalue weighted by Crippen LogP contribution is 2.32. The standard InChI is InChI=1S/C18H22N2O3S.ClH/c1-23-18-10-6-5-9-16(18)17-13-19-11-12-20(17)24(21,22)14-15-7-3-2-4-8-15;/h2-10,17,19H,11-14H2,1H3;1H. The number of sulfonamides is 1. The van der Waals surface area contributed by atoms with E-state index in [1.165, 1.54) is 0 Å². The molecule has 1 heterocycles. The van der Waals surface area contributed by atoms with Gasteiger partial charge in [0.05, 0.1) is 18.9 Å². The molecule has 2 aromatic rings. The van der Waals surface area contributed by atoms with E-state index >= 15 is 0 Å². The molecule has 1 unspecified atom stereocenters. The summed E-state index contributed by atoms with van der Waals surface area (Å²) in [5.41, 5.74) is 1.69. The Kier molecular flexibility index (Phi) is 6.84. The van der Waals surface area contributed by atoms with Crippen molar-refractivity contribution in [2.75, 3.05) is 26.7 Å². The molecule has 0 saturated carbocycles. The Morgan fingerprint density at radius 1 is 1.12 bits per heavy atom. The molecule has 2 aromatic carbocycles. The molecule has 3 rings (SSSR count). The van der Waals surface area contributed by atoms with Crippen LogP contribution >= 0.6 is 12.4 Å². The van der Waals surface area contributed by atoms with Crippen molar-refractivity contribution in [3.63, 3.8) is 0 Å². The zero-order valence-electron chi connectivity index (χ0n) is 14.1. The molecule has 0 spiro atoms. The van der Waals surface area contributed by atoms with Crippen LogP contribution in [-0.2, 0) is 15.8 Å². The summed E-state index contributed by atoms with van der Waals surface area (Å²) in [6.07, 6.45) is 0. The number of nitrogens with zero attached hydrogens (tertiary/aromatic N) is 1. The average Bonchev–Trinajstić information content (AvgIpc) is 2.62. The van der Waals surface area contributed by atoms with Gasteiger partial charge >= 0.3 is 0 Å². The number of hydrogen-bond acceptors (Lipinski definition) is 4. The first-order chi connectivity index (χ1) is 11.6. The molecule has 0 aromatic heterocycles. The van der Waals surface area contributed by atoms with Gasteiger partial charge in [0.2, 0.25) is 10.0 Å². The maximum atomic E-state index is 13.0. The van der Waals surface area contributed by atoms with Crippen LogP contribution in [0.25, 0.3) is 0 Å². The van der Waals surface area contributed by atoms with Gasteiger partial charge in [0.15, 0.2) is 0 Å². The summed E-state index contributed by atoms with van der Waals surface area (Å²) < 4.78 is 33.0. The second-order valence-electron chi connectivity index (χ2n) is 5.81. The number of nitrogens with one attached hydrogen (secondary N) is 1. The van der Waals surface area contributed by atoms with Crippen LogP contribution in [-0.4, -0.2) is 39.5 Å². The smallest absolute Gasteiger partial charge is 0.218 e. The Morgan fingerprint density at radius 3 is 2.52 bits per heavy atom. The van der Waals surface area contributed by atoms with Crippen LogP contribution in [0.1, 0.15) is 17.2 Å². The van der Waals surface area contributed by atoms with E-state index in [1.54, 1.807) is 11.4 Å². The van der Waals surface area contributed by atoms with Crippen molar-refractivity contribution in [2.45, 2.75) is 11.8 Å². The van der Waals surface area contributed by atoms with E-state index < -0.39 is 10.0 Å². The van der Waals surface area contributed by atoms with Crippen molar-refractivity contribution >= 4 is 22.4 Å². The molecule has 1 fully saturated rings. The third-order valence-electron chi connectivity index (χ3n) is 4.24. The molecule has 1 atom stereocenters. The predicted molar refractivity (Wildman–Crippen MR) is 102 cm³/mol. The van der Waals surface area contributed by atoms with Gasteiger partial charge in [-0.25, -0.2) is 8.42 Å². The van der Waals surface area contributed by atoms with Gasteiger partial charge in [0.25, 0.3) is 0 Å². The molecule has 25 heavy (non-hydrogen) atoms. The molecule has 5 nitrogen and oxygen atoms in total. The van der Waals surface area contributed by atoms with E-state index in [4.69, 9.17) is 4.74 Å². The van der Waals surface area contributed by atoms with Crippen LogP contribution in [0.3, 0.4) is 0 Å². The van der Waals surface area contributed by atoms with Crippen LogP contribution in [0.2, 0.25) is 0 Å². The second-order valence-corrected chi connectivity index (χ2v) is 7.74. The van der Waals surface area contributed by atoms with Gasteiger partial charge in [0.1, 0.15) is 5.75 Å². The normalized spacial score (nSPS) is 18.4. The van der Waals surface area contributed by atoms with Gasteiger partial charge in [-0.15, -0.1) is 12.4 Å². The van der Waals surface area contributed by atoms with Gasteiger partial charge < -0.3 is 10.1 Å². The zero-order chi connectivity index (χ0) is 17.0. The molecule has 1 N–H and O–H groups in total. The number of halogens is 1. The van der Waals surface area contributed by atoms with Crippen molar-refractivity contribution in [1.82, 2.24) is 9.62 Å². The van der Waals surface area contributed by atoms with Crippen molar-refractivity contribution in [1.29, 1.82) is 0 Å². The Bertz CT molecular complexity index is 784. The number of rotatable bonds is 5. The zero-order valence-corrected chi connectivity index (χ0v) is 15.7. The van der Waals surface area contributed by atoms with Gasteiger partial charge in [-0.1, -0.05) is 48.5 Å². The number of ether oxygens (including phenoxy) is 1. The number of hydrogen-bond donors (Lipinski definition) is 1. The van der Waals surface area contributed by atoms with Crippen molar-refractivity contribution in [3.05, 3.63) is 65.7 Å². The lowest BCUT2D eigenvalue weighted by atomic mass is 10.0. The molecule has 1 saturated heterocycles. The summed E-state index contributed by atoms with van der Waals surface area (Å²) in [6, 6.07) is 16.6. The number of piperazine rings is 1. The van der Waals surface area contributed by atoms with Crippen LogP contribution in [0, 0.1) is 0 Å². The summed E-state index contributed by atoms with van der Waals surface area (Å²) in [7, 11) is -1.81. The van der Waals surface area contributed by atoms with E-state index in [9.17, 15) is 8.42 Å². The van der Waals surface area contributed by atoms with Crippen molar-refractivity contribution in [3.8, 4) is 5.75 Å². The van der Waals surface area contributed by atoms with E-state index in [2.05, 4.69) is 5.32 Å². The lowest BCUT2D eigenvalue weighted by molar-refractivity contribution is 0.264. The summed E-state index contributed by atoms with van der Waals surface area (Å²) in [6.45, 7) is 1.69. The minimum Gasteiger partial charge on any atom is -0.496 e. The van der Waals surface area contributed by atoms with E-state index in [0.29, 0.717) is 25.4 Å². The lowest BCUT2D eigenvalue weighted by Gasteiger charge is -2.36. The highest BCUT2D eigenvalue weighted by molar-refractivity contribution is 7.88. The Hall–Kier alpha value is -1.60. The Balaban J connectivity index is 0.00000225. The highest BCUT2D eigenvalue weighted by atomic mass is 35.5. The summed E-state index contributed by atoms with van der Waals surface area (Å²) in [5, 5.41) is 3.29. The monoisotopic (exact) mass is 382 g/mol. The van der Waals surface area contributed by atoms with E-state index in [-0.39, 0.29) is 24.2 Å². The fourth-order valence-corrected chi connectivity index (χ4v) is 4.82. The Labute approximate surface area is 155 Å². The minimum absolute atomic E-state index is 0. The van der Waals surface area contributed by atoms with Crippen LogP contribution in [0.5, 0.6) is 5.75 Å². The first-order valence-electron chi connectivity index (χ1n) is 7.99. The lowest BCUT2D eigenvalue weighted by Crippen LogP contribution is -2.49. The summed E-state index contributed by atoms with van der Waals surface area (Å²) in [5.74, 6) is 0.727. The van der Waals surface area contributed by atoms with Crippen LogP contribution in [0.4, 0.5) is 0 Å². The average molecular weight is 383 g/mol. The number of benzene rings is 2. The van der Waals surface area contributed by atoms with E-state index in [0.717, 1.165) is 11.1 Å². The van der Waals surface area contributed by atoms with Crippen LogP contribution < -0.4 is 10.1 Å². The second kappa shape index (κ2) is 8.67. The van der Waals surface area contributed by atoms with Gasteiger partial charge in [-0.05, 0) is 11.6 Å². The van der Waals surface area contributed by atoms with E-state index in [1.807, 2.05) is 54.6 Å². The molecule has 0 radical (unpaired) electrons. The highest BCUT2D eigenvalue weighted by Gasteiger charge is 2.34. The number of para-hydroxylation sites is 1. The molecular formula is C18H23ClN2O3S. The third-order valence-corrected chi connectivity index (χ3v) is 6.09. The molecule has 7 heteroatoms. The largest absolute Gasteiger partial charge is 0.496 e. The molecule has 1 aliphatic heterocycles. The van der Waals surface area contributed by atoms with Gasteiger partial charge in [0, 0.05) is 25.2 Å². The van der Waals surface area contributed by atoms with Gasteiger partial charge in [-0.3, -0.25) is 0 Å². The van der Waals surface area contributed by atoms with Crippen LogP contribution in [0.15, 0.2) is 54.6 Å². The van der Waals surface area contributed by atoms with Crippen molar-refractivity contribution in [2.24, 2.45) is 0 Å². The topological polar surface area (TPSA) is 58.6 Å². The maximum Gasteiger partial charge on any atom is 0.218 e. The molecule has 136 valence electrons. The van der Waals surface area contributed by atoms with Crippen molar-refractivity contribution < 1.29 is 13.2 Å². The predicted octanol–water partition coefficient (Wildman–Crippen LogP) is 2.59. The SMILES string of the molecule is COc1ccccc1C1CNCCN1S(=O)(=O)Cc1ccccc1.Cl. The fourth-order valence-electron chi connectivity index (χ4n) is 3.09. The van der Waals surface area contributed by atoms with Gasteiger partial charge in [-0.2, -0.15) is 4.31 Å². The maximum absolute atomic E-state index is 13.0. The first kappa shape index (κ1) is 19.7. The molecule has 0 aliphatic carbocycles. The third kappa shape index (κ3) is 4.52. The molecular weight excluding hydrogens is 360 g/mol. The molecule has 1 aliphatic rings.